The molecule has 1 saturated carbocycles. The topological polar surface area (TPSA) is 106 Å². The molecule has 0 heterocycles. The highest BCUT2D eigenvalue weighted by Crippen LogP contribution is 2.23. The average molecular weight is 172 g/mol. The predicted molar refractivity (Wildman–Crippen MR) is 41.2 cm³/mol. The van der Waals surface area contributed by atoms with Crippen LogP contribution in [0.4, 0.5) is 0 Å². The zero-order valence-electron chi connectivity index (χ0n) is 6.62. The van der Waals surface area contributed by atoms with E-state index in [2.05, 4.69) is 0 Å². The average Bonchev–Trinajstić information content (AvgIpc) is 2.32. The van der Waals surface area contributed by atoms with Crippen molar-refractivity contribution >= 4 is 11.6 Å². The minimum Gasteiger partial charge on any atom is -0.389 e. The number of aliphatic hydroxyl groups excluding tert-OH is 1. The van der Waals surface area contributed by atoms with Gasteiger partial charge in [0.15, 0.2) is 17.1 Å². The Morgan fingerprint density at radius 3 is 2.17 bits per heavy atom. The first kappa shape index (κ1) is 9.31. The normalized spacial score (nSPS) is 24.6. The van der Waals surface area contributed by atoms with E-state index in [0.717, 1.165) is 0 Å². The Morgan fingerprint density at radius 1 is 1.42 bits per heavy atom. The summed E-state index contributed by atoms with van der Waals surface area (Å²) in [5.41, 5.74) is 8.87. The van der Waals surface area contributed by atoms with Gasteiger partial charge in [-0.2, -0.15) is 0 Å². The van der Waals surface area contributed by atoms with Gasteiger partial charge in [0.25, 0.3) is 0 Å². The summed E-state index contributed by atoms with van der Waals surface area (Å²) in [4.78, 5) is 22.3. The molecule has 0 amide bonds. The second-order valence-electron chi connectivity index (χ2n) is 2.97. The first-order valence-electron chi connectivity index (χ1n) is 3.77. The van der Waals surface area contributed by atoms with Crippen LogP contribution in [0.25, 0.3) is 0 Å². The first-order valence-corrected chi connectivity index (χ1v) is 3.77. The third-order valence-corrected chi connectivity index (χ3v) is 2.25. The quantitative estimate of drug-likeness (QED) is 0.415. The summed E-state index contributed by atoms with van der Waals surface area (Å²) in [6, 6.07) is 0. The Hall–Kier alpha value is -0.780. The molecule has 1 rings (SSSR count). The molecule has 5 nitrogen and oxygen atoms in total. The Balaban J connectivity index is 2.94. The van der Waals surface area contributed by atoms with Crippen molar-refractivity contribution in [2.75, 3.05) is 6.54 Å². The second-order valence-corrected chi connectivity index (χ2v) is 2.97. The van der Waals surface area contributed by atoms with Gasteiger partial charge in [0.1, 0.15) is 0 Å². The predicted octanol–water partition coefficient (Wildman–Crippen LogP) is -2.06. The molecular weight excluding hydrogens is 160 g/mol. The summed E-state index contributed by atoms with van der Waals surface area (Å²) in [6.45, 7) is -0.173. The highest BCUT2D eigenvalue weighted by Gasteiger charge is 2.50. The number of rotatable bonds is 2. The second kappa shape index (κ2) is 2.93. The standard InChI is InChI=1S/C7H12N2O3/c8-3-6(12)7(9)4(10)1-2-5(7)11/h6,12H,1-3,8-9H2. The minimum atomic E-state index is -1.73. The fourth-order valence-electron chi connectivity index (χ4n) is 1.35. The molecule has 12 heavy (non-hydrogen) atoms. The summed E-state index contributed by atoms with van der Waals surface area (Å²) in [5.74, 6) is -0.823. The van der Waals surface area contributed by atoms with E-state index in [9.17, 15) is 14.7 Å². The van der Waals surface area contributed by atoms with Crippen LogP contribution in [0.15, 0.2) is 0 Å². The molecule has 1 aliphatic rings. The zero-order chi connectivity index (χ0) is 9.35. The van der Waals surface area contributed by atoms with Crippen molar-refractivity contribution < 1.29 is 14.7 Å². The van der Waals surface area contributed by atoms with E-state index >= 15 is 0 Å². The number of carbonyl (C=O) groups excluding carboxylic acids is 2. The number of carbonyl (C=O) groups is 2. The van der Waals surface area contributed by atoms with Crippen molar-refractivity contribution in [3.8, 4) is 0 Å². The van der Waals surface area contributed by atoms with Crippen molar-refractivity contribution in [1.82, 2.24) is 0 Å². The van der Waals surface area contributed by atoms with Gasteiger partial charge in [0.05, 0.1) is 6.10 Å². The van der Waals surface area contributed by atoms with Crippen LogP contribution in [0.5, 0.6) is 0 Å². The van der Waals surface area contributed by atoms with Crippen LogP contribution >= 0.6 is 0 Å². The van der Waals surface area contributed by atoms with E-state index in [0.29, 0.717) is 0 Å². The van der Waals surface area contributed by atoms with E-state index in [1.54, 1.807) is 0 Å². The van der Waals surface area contributed by atoms with Crippen LogP contribution in [0.2, 0.25) is 0 Å². The van der Waals surface area contributed by atoms with E-state index in [1.807, 2.05) is 0 Å². The summed E-state index contributed by atoms with van der Waals surface area (Å²) in [6.07, 6.45) is -1.02. The monoisotopic (exact) mass is 172 g/mol. The lowest BCUT2D eigenvalue weighted by molar-refractivity contribution is -0.133. The van der Waals surface area contributed by atoms with E-state index in [4.69, 9.17) is 11.5 Å². The van der Waals surface area contributed by atoms with Gasteiger partial charge in [-0.1, -0.05) is 0 Å². The zero-order valence-corrected chi connectivity index (χ0v) is 6.62. The summed E-state index contributed by atoms with van der Waals surface area (Å²) in [7, 11) is 0. The van der Waals surface area contributed by atoms with Gasteiger partial charge in [-0.3, -0.25) is 9.59 Å². The van der Waals surface area contributed by atoms with Gasteiger partial charge in [0.2, 0.25) is 0 Å². The lowest BCUT2D eigenvalue weighted by atomic mass is 9.90. The van der Waals surface area contributed by atoms with Crippen molar-refractivity contribution in [1.29, 1.82) is 0 Å². The van der Waals surface area contributed by atoms with Crippen molar-refractivity contribution in [3.63, 3.8) is 0 Å². The molecule has 0 saturated heterocycles. The number of hydrogen-bond acceptors (Lipinski definition) is 5. The molecule has 0 bridgehead atoms. The highest BCUT2D eigenvalue weighted by atomic mass is 16.3. The number of ketones is 2. The van der Waals surface area contributed by atoms with Gasteiger partial charge in [-0.25, -0.2) is 0 Å². The summed E-state index contributed by atoms with van der Waals surface area (Å²) in [5, 5.41) is 9.27. The highest BCUT2D eigenvalue weighted by molar-refractivity contribution is 6.17. The fraction of sp³-hybridized carbons (Fsp3) is 0.714. The number of hydrogen-bond donors (Lipinski definition) is 3. The maximum atomic E-state index is 11.1. The van der Waals surface area contributed by atoms with Gasteiger partial charge < -0.3 is 16.6 Å². The summed E-state index contributed by atoms with van der Waals surface area (Å²) < 4.78 is 0. The Bertz CT molecular complexity index is 211. The molecule has 1 fully saturated rings. The molecule has 5 N–H and O–H groups in total. The smallest absolute Gasteiger partial charge is 0.163 e. The van der Waals surface area contributed by atoms with Gasteiger partial charge in [-0.15, -0.1) is 0 Å². The molecule has 0 aromatic heterocycles. The molecular formula is C7H12N2O3. The Kier molecular flexibility index (Phi) is 2.27. The van der Waals surface area contributed by atoms with E-state index < -0.39 is 23.2 Å². The lowest BCUT2D eigenvalue weighted by Crippen LogP contribution is -2.61. The number of Topliss-reactive ketones (excluding diaryl/α,β-unsaturated/α-hetero) is 2. The van der Waals surface area contributed by atoms with E-state index in [-0.39, 0.29) is 19.4 Å². The number of nitrogens with two attached hydrogens (primary N) is 2. The third kappa shape index (κ3) is 1.06. The number of aliphatic hydroxyl groups is 1. The summed E-state index contributed by atoms with van der Waals surface area (Å²) >= 11 is 0. The molecule has 5 heteroatoms. The molecule has 1 atom stereocenters. The maximum Gasteiger partial charge on any atom is 0.163 e. The minimum absolute atomic E-state index is 0.117. The van der Waals surface area contributed by atoms with Crippen LogP contribution in [0.1, 0.15) is 12.8 Å². The van der Waals surface area contributed by atoms with Gasteiger partial charge >= 0.3 is 0 Å². The fourth-order valence-corrected chi connectivity index (χ4v) is 1.35. The van der Waals surface area contributed by atoms with Crippen LogP contribution in [-0.2, 0) is 9.59 Å². The van der Waals surface area contributed by atoms with Crippen LogP contribution < -0.4 is 11.5 Å². The van der Waals surface area contributed by atoms with Gasteiger partial charge in [0, 0.05) is 19.4 Å². The maximum absolute atomic E-state index is 11.1. The molecule has 0 aromatic carbocycles. The van der Waals surface area contributed by atoms with E-state index in [1.165, 1.54) is 0 Å². The third-order valence-electron chi connectivity index (χ3n) is 2.25. The Morgan fingerprint density at radius 2 is 1.83 bits per heavy atom. The molecule has 0 spiro atoms. The largest absolute Gasteiger partial charge is 0.389 e. The van der Waals surface area contributed by atoms with Crippen molar-refractivity contribution in [2.45, 2.75) is 24.5 Å². The van der Waals surface area contributed by atoms with Crippen LogP contribution in [-0.4, -0.2) is 34.9 Å². The molecule has 68 valence electrons. The molecule has 1 unspecified atom stereocenters. The van der Waals surface area contributed by atoms with Crippen molar-refractivity contribution in [2.24, 2.45) is 11.5 Å². The molecule has 0 aromatic rings. The van der Waals surface area contributed by atoms with Crippen molar-refractivity contribution in [3.05, 3.63) is 0 Å². The van der Waals surface area contributed by atoms with Gasteiger partial charge in [-0.05, 0) is 0 Å². The molecule has 1 aliphatic carbocycles. The van der Waals surface area contributed by atoms with Crippen LogP contribution in [0, 0.1) is 0 Å². The SMILES string of the molecule is NCC(O)C1(N)C(=O)CCC1=O. The van der Waals surface area contributed by atoms with Crippen LogP contribution in [0.3, 0.4) is 0 Å². The molecule has 0 radical (unpaired) electrons. The lowest BCUT2D eigenvalue weighted by Gasteiger charge is -2.25. The molecule has 0 aliphatic heterocycles. The Labute approximate surface area is 69.7 Å². The first-order chi connectivity index (χ1) is 5.53.